The summed E-state index contributed by atoms with van der Waals surface area (Å²) >= 11 is 6.30. The number of hydrogen-bond donors (Lipinski definition) is 1. The van der Waals surface area contributed by atoms with Crippen molar-refractivity contribution >= 4 is 37.8 Å². The SMILES string of the molecule is O=C(NCCCOCCBr)c1ccc(F)c(Br)c1. The van der Waals surface area contributed by atoms with Crippen LogP contribution < -0.4 is 5.32 Å². The van der Waals surface area contributed by atoms with Crippen LogP contribution in [0.15, 0.2) is 22.7 Å². The third-order valence-electron chi connectivity index (χ3n) is 2.15. The standard InChI is InChI=1S/C12H14Br2FNO2/c13-4-7-18-6-1-5-16-12(17)9-2-3-11(15)10(14)8-9/h2-3,8H,1,4-7H2,(H,16,17). The van der Waals surface area contributed by atoms with E-state index in [4.69, 9.17) is 4.74 Å². The van der Waals surface area contributed by atoms with Crippen LogP contribution in [-0.4, -0.2) is 31.0 Å². The molecule has 1 aromatic carbocycles. The van der Waals surface area contributed by atoms with Crippen LogP contribution in [0, 0.1) is 5.82 Å². The van der Waals surface area contributed by atoms with E-state index in [1.54, 1.807) is 0 Å². The Bertz CT molecular complexity index is 402. The predicted octanol–water partition coefficient (Wildman–Crippen LogP) is 3.12. The molecule has 0 atom stereocenters. The Kier molecular flexibility index (Phi) is 7.46. The minimum atomic E-state index is -0.380. The van der Waals surface area contributed by atoms with Crippen LogP contribution in [0.1, 0.15) is 16.8 Å². The summed E-state index contributed by atoms with van der Waals surface area (Å²) in [6, 6.07) is 4.18. The molecule has 0 radical (unpaired) electrons. The van der Waals surface area contributed by atoms with Crippen LogP contribution in [0.2, 0.25) is 0 Å². The van der Waals surface area contributed by atoms with Gasteiger partial charge in [0.2, 0.25) is 0 Å². The first kappa shape index (κ1) is 15.6. The smallest absolute Gasteiger partial charge is 0.251 e. The topological polar surface area (TPSA) is 38.3 Å². The Morgan fingerprint density at radius 3 is 2.83 bits per heavy atom. The van der Waals surface area contributed by atoms with Gasteiger partial charge in [0.05, 0.1) is 11.1 Å². The van der Waals surface area contributed by atoms with Crippen LogP contribution in [-0.2, 0) is 4.74 Å². The second kappa shape index (κ2) is 8.61. The molecule has 0 bridgehead atoms. The molecule has 0 aliphatic rings. The van der Waals surface area contributed by atoms with Crippen LogP contribution in [0.3, 0.4) is 0 Å². The van der Waals surface area contributed by atoms with Gasteiger partial charge in [0.15, 0.2) is 0 Å². The normalized spacial score (nSPS) is 10.4. The van der Waals surface area contributed by atoms with E-state index in [0.29, 0.717) is 25.3 Å². The summed E-state index contributed by atoms with van der Waals surface area (Å²) in [5.41, 5.74) is 0.435. The third kappa shape index (κ3) is 5.46. The Morgan fingerprint density at radius 1 is 1.39 bits per heavy atom. The Hall–Kier alpha value is -0.460. The largest absolute Gasteiger partial charge is 0.381 e. The predicted molar refractivity (Wildman–Crippen MR) is 75.7 cm³/mol. The van der Waals surface area contributed by atoms with Gasteiger partial charge >= 0.3 is 0 Å². The summed E-state index contributed by atoms with van der Waals surface area (Å²) in [6.07, 6.45) is 0.751. The van der Waals surface area contributed by atoms with Crippen molar-refractivity contribution in [1.29, 1.82) is 0 Å². The molecule has 0 heterocycles. The maximum atomic E-state index is 13.0. The molecule has 0 aromatic heterocycles. The number of carbonyl (C=O) groups is 1. The average Bonchev–Trinajstić information content (AvgIpc) is 2.36. The van der Waals surface area contributed by atoms with E-state index in [1.807, 2.05) is 0 Å². The second-order valence-electron chi connectivity index (χ2n) is 3.54. The van der Waals surface area contributed by atoms with Crippen molar-refractivity contribution in [2.45, 2.75) is 6.42 Å². The molecule has 0 aliphatic heterocycles. The minimum Gasteiger partial charge on any atom is -0.381 e. The van der Waals surface area contributed by atoms with Crippen molar-refractivity contribution in [2.24, 2.45) is 0 Å². The quantitative estimate of drug-likeness (QED) is 0.581. The molecule has 1 rings (SSSR count). The number of carbonyl (C=O) groups excluding carboxylic acids is 1. The minimum absolute atomic E-state index is 0.212. The van der Waals surface area contributed by atoms with E-state index in [2.05, 4.69) is 37.2 Å². The van der Waals surface area contributed by atoms with Crippen molar-refractivity contribution in [2.75, 3.05) is 25.1 Å². The zero-order valence-corrected chi connectivity index (χ0v) is 12.9. The summed E-state index contributed by atoms with van der Waals surface area (Å²) < 4.78 is 18.5. The molecule has 6 heteroatoms. The van der Waals surface area contributed by atoms with Gasteiger partial charge in [0.25, 0.3) is 5.91 Å². The van der Waals surface area contributed by atoms with Gasteiger partial charge < -0.3 is 10.1 Å². The fourth-order valence-corrected chi connectivity index (χ4v) is 1.88. The summed E-state index contributed by atoms with van der Waals surface area (Å²) in [4.78, 5) is 11.7. The number of ether oxygens (including phenoxy) is 1. The monoisotopic (exact) mass is 381 g/mol. The highest BCUT2D eigenvalue weighted by Crippen LogP contribution is 2.16. The fourth-order valence-electron chi connectivity index (χ4n) is 1.27. The summed E-state index contributed by atoms with van der Waals surface area (Å²) in [7, 11) is 0. The van der Waals surface area contributed by atoms with E-state index in [1.165, 1.54) is 18.2 Å². The zero-order chi connectivity index (χ0) is 13.4. The van der Waals surface area contributed by atoms with Gasteiger partial charge in [0.1, 0.15) is 5.82 Å². The van der Waals surface area contributed by atoms with Crippen LogP contribution in [0.4, 0.5) is 4.39 Å². The molecule has 100 valence electrons. The van der Waals surface area contributed by atoms with Crippen LogP contribution in [0.25, 0.3) is 0 Å². The van der Waals surface area contributed by atoms with E-state index in [-0.39, 0.29) is 16.2 Å². The number of nitrogens with one attached hydrogen (secondary N) is 1. The Morgan fingerprint density at radius 2 is 2.17 bits per heavy atom. The van der Waals surface area contributed by atoms with Crippen molar-refractivity contribution in [1.82, 2.24) is 5.32 Å². The molecule has 0 fully saturated rings. The first-order valence-corrected chi connectivity index (χ1v) is 7.43. The average molecular weight is 383 g/mol. The molecular weight excluding hydrogens is 369 g/mol. The molecule has 0 spiro atoms. The van der Waals surface area contributed by atoms with Crippen molar-refractivity contribution in [3.63, 3.8) is 0 Å². The first-order chi connectivity index (χ1) is 8.65. The van der Waals surface area contributed by atoms with Crippen LogP contribution >= 0.6 is 31.9 Å². The van der Waals surface area contributed by atoms with Crippen molar-refractivity contribution < 1.29 is 13.9 Å². The number of benzene rings is 1. The molecule has 0 unspecified atom stereocenters. The van der Waals surface area contributed by atoms with Gasteiger partial charge in [-0.2, -0.15) is 0 Å². The third-order valence-corrected chi connectivity index (χ3v) is 3.09. The molecule has 0 aliphatic carbocycles. The highest BCUT2D eigenvalue weighted by molar-refractivity contribution is 9.10. The maximum absolute atomic E-state index is 13.0. The molecule has 0 saturated heterocycles. The van der Waals surface area contributed by atoms with Gasteiger partial charge in [-0.25, -0.2) is 4.39 Å². The summed E-state index contributed by atoms with van der Waals surface area (Å²) in [5, 5.41) is 3.56. The van der Waals surface area contributed by atoms with E-state index < -0.39 is 0 Å². The lowest BCUT2D eigenvalue weighted by molar-refractivity contribution is 0.0944. The fraction of sp³-hybridized carbons (Fsp3) is 0.417. The van der Waals surface area contributed by atoms with Crippen molar-refractivity contribution in [3.05, 3.63) is 34.1 Å². The zero-order valence-electron chi connectivity index (χ0n) is 9.72. The lowest BCUT2D eigenvalue weighted by Crippen LogP contribution is -2.25. The van der Waals surface area contributed by atoms with Gasteiger partial charge in [0, 0.05) is 24.0 Å². The van der Waals surface area contributed by atoms with Gasteiger partial charge in [-0.3, -0.25) is 4.79 Å². The number of halogens is 3. The van der Waals surface area contributed by atoms with Gasteiger partial charge in [-0.15, -0.1) is 0 Å². The molecule has 3 nitrogen and oxygen atoms in total. The highest BCUT2D eigenvalue weighted by atomic mass is 79.9. The Labute approximate surface area is 122 Å². The molecule has 1 aromatic rings. The summed E-state index contributed by atoms with van der Waals surface area (Å²) in [6.45, 7) is 1.81. The van der Waals surface area contributed by atoms with Gasteiger partial charge in [-0.1, -0.05) is 15.9 Å². The lowest BCUT2D eigenvalue weighted by Gasteiger charge is -2.06. The summed E-state index contributed by atoms with van der Waals surface area (Å²) in [5.74, 6) is -0.592. The van der Waals surface area contributed by atoms with Gasteiger partial charge in [-0.05, 0) is 40.5 Å². The molecule has 18 heavy (non-hydrogen) atoms. The van der Waals surface area contributed by atoms with Crippen LogP contribution in [0.5, 0.6) is 0 Å². The Balaban J connectivity index is 2.30. The van der Waals surface area contributed by atoms with E-state index >= 15 is 0 Å². The van der Waals surface area contributed by atoms with E-state index in [9.17, 15) is 9.18 Å². The lowest BCUT2D eigenvalue weighted by atomic mass is 10.2. The number of hydrogen-bond acceptors (Lipinski definition) is 2. The molecule has 1 amide bonds. The number of amides is 1. The number of alkyl halides is 1. The molecule has 0 saturated carbocycles. The molecule has 1 N–H and O–H groups in total. The second-order valence-corrected chi connectivity index (χ2v) is 5.19. The molecular formula is C12H14Br2FNO2. The van der Waals surface area contributed by atoms with E-state index in [0.717, 1.165) is 11.8 Å². The first-order valence-electron chi connectivity index (χ1n) is 5.52. The number of rotatable bonds is 7. The highest BCUT2D eigenvalue weighted by Gasteiger charge is 2.07. The van der Waals surface area contributed by atoms with Crippen molar-refractivity contribution in [3.8, 4) is 0 Å². The maximum Gasteiger partial charge on any atom is 0.251 e.